The van der Waals surface area contributed by atoms with Crippen molar-refractivity contribution in [1.82, 2.24) is 4.72 Å². The molecular weight excluding hydrogens is 288 g/mol. The van der Waals surface area contributed by atoms with Crippen LogP contribution < -0.4 is 15.2 Å². The summed E-state index contributed by atoms with van der Waals surface area (Å²) in [6.45, 7) is 4.40. The fraction of sp³-hybridized carbons (Fsp3) is 0.600. The van der Waals surface area contributed by atoms with Gasteiger partial charge in [0.25, 0.3) is 0 Å². The Morgan fingerprint density at radius 1 is 1.33 bits per heavy atom. The standard InChI is InChI=1S/C15H24N2O3S/c1-11-8-13(20-3)14(9-12(11)16)21(18,19)17-10-15(2)6-4-5-7-15/h8-9,17H,4-7,10,16H2,1-3H3. The maximum Gasteiger partial charge on any atom is 0.244 e. The van der Waals surface area contributed by atoms with E-state index in [1.807, 2.05) is 6.92 Å². The van der Waals surface area contributed by atoms with Crippen LogP contribution in [-0.4, -0.2) is 22.1 Å². The Kier molecular flexibility index (Phi) is 4.49. The van der Waals surface area contributed by atoms with E-state index in [1.165, 1.54) is 26.0 Å². The van der Waals surface area contributed by atoms with E-state index in [-0.39, 0.29) is 10.3 Å². The molecule has 1 saturated carbocycles. The summed E-state index contributed by atoms with van der Waals surface area (Å²) in [6.07, 6.45) is 4.45. The van der Waals surface area contributed by atoms with E-state index in [0.29, 0.717) is 18.0 Å². The molecule has 1 aromatic rings. The third-order valence-corrected chi connectivity index (χ3v) is 5.76. The smallest absolute Gasteiger partial charge is 0.244 e. The Hall–Kier alpha value is -1.27. The summed E-state index contributed by atoms with van der Waals surface area (Å²) in [6, 6.07) is 3.12. The normalized spacial score (nSPS) is 17.9. The van der Waals surface area contributed by atoms with Crippen molar-refractivity contribution in [3.63, 3.8) is 0 Å². The van der Waals surface area contributed by atoms with Crippen molar-refractivity contribution in [3.8, 4) is 5.75 Å². The quantitative estimate of drug-likeness (QED) is 0.818. The van der Waals surface area contributed by atoms with Crippen molar-refractivity contribution < 1.29 is 13.2 Å². The molecule has 0 radical (unpaired) electrons. The fourth-order valence-electron chi connectivity index (χ4n) is 2.80. The second-order valence-electron chi connectivity index (χ2n) is 6.20. The molecule has 0 spiro atoms. The van der Waals surface area contributed by atoms with E-state index >= 15 is 0 Å². The minimum Gasteiger partial charge on any atom is -0.495 e. The van der Waals surface area contributed by atoms with Crippen molar-refractivity contribution in [2.75, 3.05) is 19.4 Å². The highest BCUT2D eigenvalue weighted by Crippen LogP contribution is 2.37. The third kappa shape index (κ3) is 3.49. The molecule has 1 aliphatic carbocycles. The van der Waals surface area contributed by atoms with Crippen LogP contribution in [-0.2, 0) is 10.0 Å². The van der Waals surface area contributed by atoms with Crippen molar-refractivity contribution >= 4 is 15.7 Å². The number of nitrogens with one attached hydrogen (secondary N) is 1. The number of nitrogen functional groups attached to an aromatic ring is 1. The van der Waals surface area contributed by atoms with Crippen molar-refractivity contribution in [2.45, 2.75) is 44.4 Å². The molecule has 1 fully saturated rings. The average molecular weight is 312 g/mol. The van der Waals surface area contributed by atoms with Gasteiger partial charge < -0.3 is 10.5 Å². The summed E-state index contributed by atoms with van der Waals surface area (Å²) in [7, 11) is -2.16. The first kappa shape index (κ1) is 16.1. The number of anilines is 1. The number of hydrogen-bond acceptors (Lipinski definition) is 4. The molecular formula is C15H24N2O3S. The monoisotopic (exact) mass is 312 g/mol. The van der Waals surface area contributed by atoms with Gasteiger partial charge in [0.1, 0.15) is 10.6 Å². The lowest BCUT2D eigenvalue weighted by atomic mass is 9.89. The lowest BCUT2D eigenvalue weighted by Crippen LogP contribution is -2.34. The Morgan fingerprint density at radius 2 is 1.95 bits per heavy atom. The summed E-state index contributed by atoms with van der Waals surface area (Å²) in [5.41, 5.74) is 7.14. The molecule has 3 N–H and O–H groups in total. The zero-order valence-corrected chi connectivity index (χ0v) is 13.7. The van der Waals surface area contributed by atoms with E-state index in [4.69, 9.17) is 10.5 Å². The Labute approximate surface area is 126 Å². The number of ether oxygens (including phenoxy) is 1. The summed E-state index contributed by atoms with van der Waals surface area (Å²) in [4.78, 5) is 0.106. The molecule has 1 aliphatic rings. The highest BCUT2D eigenvalue weighted by molar-refractivity contribution is 7.89. The molecule has 0 aliphatic heterocycles. The molecule has 6 heteroatoms. The van der Waals surface area contributed by atoms with Crippen molar-refractivity contribution in [3.05, 3.63) is 17.7 Å². The minimum absolute atomic E-state index is 0.0521. The van der Waals surface area contributed by atoms with E-state index in [0.717, 1.165) is 18.4 Å². The van der Waals surface area contributed by atoms with E-state index in [2.05, 4.69) is 11.6 Å². The summed E-state index contributed by atoms with van der Waals surface area (Å²) in [5.74, 6) is 0.325. The van der Waals surface area contributed by atoms with Crippen molar-refractivity contribution in [1.29, 1.82) is 0 Å². The van der Waals surface area contributed by atoms with Gasteiger partial charge in [-0.05, 0) is 42.9 Å². The highest BCUT2D eigenvalue weighted by Gasteiger charge is 2.31. The van der Waals surface area contributed by atoms with Crippen LogP contribution in [0.25, 0.3) is 0 Å². The van der Waals surface area contributed by atoms with Crippen LogP contribution in [0.5, 0.6) is 5.75 Å². The van der Waals surface area contributed by atoms with Crippen LogP contribution in [0.1, 0.15) is 38.2 Å². The van der Waals surface area contributed by atoms with Crippen LogP contribution in [0, 0.1) is 12.3 Å². The molecule has 0 bridgehead atoms. The maximum absolute atomic E-state index is 12.5. The third-order valence-electron chi connectivity index (χ3n) is 4.34. The van der Waals surface area contributed by atoms with Crippen LogP contribution >= 0.6 is 0 Å². The minimum atomic E-state index is -3.62. The van der Waals surface area contributed by atoms with Crippen LogP contribution in [0.15, 0.2) is 17.0 Å². The molecule has 1 aromatic carbocycles. The van der Waals surface area contributed by atoms with Gasteiger partial charge >= 0.3 is 0 Å². The second kappa shape index (κ2) is 5.85. The first-order valence-electron chi connectivity index (χ1n) is 7.21. The van der Waals surface area contributed by atoms with Crippen LogP contribution in [0.3, 0.4) is 0 Å². The molecule has 0 saturated heterocycles. The van der Waals surface area contributed by atoms with Gasteiger partial charge in [0.2, 0.25) is 10.0 Å². The number of rotatable bonds is 5. The van der Waals surface area contributed by atoms with E-state index in [9.17, 15) is 8.42 Å². The number of sulfonamides is 1. The molecule has 21 heavy (non-hydrogen) atoms. The van der Waals surface area contributed by atoms with Crippen molar-refractivity contribution in [2.24, 2.45) is 5.41 Å². The zero-order valence-electron chi connectivity index (χ0n) is 12.9. The molecule has 0 heterocycles. The highest BCUT2D eigenvalue weighted by atomic mass is 32.2. The first-order valence-corrected chi connectivity index (χ1v) is 8.69. The lowest BCUT2D eigenvalue weighted by Gasteiger charge is -2.24. The molecule has 0 unspecified atom stereocenters. The number of methoxy groups -OCH3 is 1. The van der Waals surface area contributed by atoms with Gasteiger partial charge in [0, 0.05) is 12.2 Å². The summed E-state index contributed by atoms with van der Waals surface area (Å²) in [5, 5.41) is 0. The Balaban J connectivity index is 2.25. The Bertz CT molecular complexity index is 620. The van der Waals surface area contributed by atoms with E-state index in [1.54, 1.807) is 6.07 Å². The topological polar surface area (TPSA) is 81.4 Å². The van der Waals surface area contributed by atoms with Gasteiger partial charge in [0.15, 0.2) is 0 Å². The van der Waals surface area contributed by atoms with Crippen LogP contribution in [0.4, 0.5) is 5.69 Å². The predicted octanol–water partition coefficient (Wildman–Crippen LogP) is 2.44. The van der Waals surface area contributed by atoms with Gasteiger partial charge in [-0.2, -0.15) is 0 Å². The number of aryl methyl sites for hydroxylation is 1. The number of hydrogen-bond donors (Lipinski definition) is 2. The zero-order chi connectivity index (χ0) is 15.7. The summed E-state index contributed by atoms with van der Waals surface area (Å²) < 4.78 is 33.0. The van der Waals surface area contributed by atoms with Gasteiger partial charge in [-0.15, -0.1) is 0 Å². The number of benzene rings is 1. The van der Waals surface area contributed by atoms with E-state index < -0.39 is 10.0 Å². The molecule has 0 atom stereocenters. The molecule has 0 aromatic heterocycles. The SMILES string of the molecule is COc1cc(C)c(N)cc1S(=O)(=O)NCC1(C)CCCC1. The van der Waals surface area contributed by atoms with Crippen LogP contribution in [0.2, 0.25) is 0 Å². The van der Waals surface area contributed by atoms with Gasteiger partial charge in [0.05, 0.1) is 7.11 Å². The van der Waals surface area contributed by atoms with Gasteiger partial charge in [-0.25, -0.2) is 13.1 Å². The molecule has 118 valence electrons. The van der Waals surface area contributed by atoms with Gasteiger partial charge in [-0.3, -0.25) is 0 Å². The molecule has 2 rings (SSSR count). The molecule has 5 nitrogen and oxygen atoms in total. The lowest BCUT2D eigenvalue weighted by molar-refractivity contribution is 0.335. The maximum atomic E-state index is 12.5. The second-order valence-corrected chi connectivity index (χ2v) is 7.94. The Morgan fingerprint density at radius 3 is 2.52 bits per heavy atom. The largest absolute Gasteiger partial charge is 0.495 e. The fourth-order valence-corrected chi connectivity index (χ4v) is 4.18. The molecule has 0 amide bonds. The number of nitrogens with two attached hydrogens (primary N) is 1. The summed E-state index contributed by atoms with van der Waals surface area (Å²) >= 11 is 0. The van der Waals surface area contributed by atoms with Gasteiger partial charge in [-0.1, -0.05) is 19.8 Å². The first-order chi connectivity index (χ1) is 9.77. The predicted molar refractivity (Wildman–Crippen MR) is 83.9 cm³/mol. The average Bonchev–Trinajstić information content (AvgIpc) is 2.87.